The van der Waals surface area contributed by atoms with Gasteiger partial charge in [-0.3, -0.25) is 67.4 Å². The van der Waals surface area contributed by atoms with E-state index in [4.69, 9.17) is 18.9 Å². The summed E-state index contributed by atoms with van der Waals surface area (Å²) in [5.41, 5.74) is 0. The third-order valence-corrected chi connectivity index (χ3v) is 26.7. The third-order valence-electron chi connectivity index (χ3n) is 21.4. The molecule has 4 heterocycles. The fraction of sp³-hybridized carbons (Fsp3) is 0.803. The molecule has 57 heteroatoms. The van der Waals surface area contributed by atoms with Gasteiger partial charge < -0.3 is 179 Å². The third kappa shape index (κ3) is 37.8. The highest BCUT2D eigenvalue weighted by atomic mass is 32.2. The van der Waals surface area contributed by atoms with Crippen molar-refractivity contribution in [1.29, 1.82) is 0 Å². The summed E-state index contributed by atoms with van der Waals surface area (Å²) in [7, 11) is 0. The molecule has 0 aromatic heterocycles. The van der Waals surface area contributed by atoms with Gasteiger partial charge >= 0.3 is 29.8 Å². The first-order chi connectivity index (χ1) is 62.5. The number of nitrogens with one attached hydrogen (secondary N) is 10. The zero-order valence-corrected chi connectivity index (χ0v) is 76.8. The van der Waals surface area contributed by atoms with Crippen LogP contribution in [0.5, 0.6) is 0 Å². The van der Waals surface area contributed by atoms with Gasteiger partial charge in [0.1, 0.15) is 73.2 Å². The first-order valence-corrected chi connectivity index (χ1v) is 46.3. The van der Waals surface area contributed by atoms with Crippen molar-refractivity contribution in [3.8, 4) is 0 Å². The molecule has 4 aliphatic rings. The zero-order chi connectivity index (χ0) is 100. The summed E-state index contributed by atoms with van der Waals surface area (Å²) in [5.74, 6) is -17.7. The van der Waals surface area contributed by atoms with E-state index in [2.05, 4.69) is 53.2 Å². The quantitative estimate of drug-likeness (QED) is 0.0251. The van der Waals surface area contributed by atoms with E-state index in [1.165, 1.54) is 4.90 Å². The zero-order valence-electron chi connectivity index (χ0n) is 73.5. The first-order valence-electron chi connectivity index (χ1n) is 42.4. The lowest BCUT2D eigenvalue weighted by molar-refractivity contribution is -0.205. The molecule has 0 radical (unpaired) electrons. The second-order valence-electron chi connectivity index (χ2n) is 32.1. The van der Waals surface area contributed by atoms with E-state index >= 15 is 0 Å². The van der Waals surface area contributed by atoms with Gasteiger partial charge in [-0.05, 0) is 38.5 Å². The summed E-state index contributed by atoms with van der Waals surface area (Å²) in [4.78, 5) is 187. The van der Waals surface area contributed by atoms with E-state index in [0.717, 1.165) is 27.7 Å². The van der Waals surface area contributed by atoms with Crippen LogP contribution in [0.25, 0.3) is 0 Å². The summed E-state index contributed by atoms with van der Waals surface area (Å²) < 4.78 is 22.9. The summed E-state index contributed by atoms with van der Waals surface area (Å²) in [6.07, 6.45) is -32.2. The van der Waals surface area contributed by atoms with Crippen LogP contribution in [-0.4, -0.2) is 500 Å². The minimum atomic E-state index is -2.45. The molecule has 0 aromatic carbocycles. The van der Waals surface area contributed by atoms with E-state index in [1.54, 1.807) is 9.80 Å². The van der Waals surface area contributed by atoms with Crippen molar-refractivity contribution in [2.45, 2.75) is 233 Å². The number of aliphatic carboxylic acids is 5. The molecule has 4 fully saturated rings. The summed E-state index contributed by atoms with van der Waals surface area (Å²) in [6.45, 7) is -1.18. The fourth-order valence-corrected chi connectivity index (χ4v) is 19.0. The Labute approximate surface area is 779 Å². The van der Waals surface area contributed by atoms with Gasteiger partial charge in [0.05, 0.1) is 118 Å². The number of ether oxygens (including phenoxy) is 4. The molecular formula is C76H129N13O40S4. The topological polar surface area (TPSA) is 848 Å². The van der Waals surface area contributed by atoms with Crippen LogP contribution >= 0.6 is 47.0 Å². The molecule has 0 unspecified atom stereocenters. The number of carbonyl (C=O) groups is 15. The number of carboxylic acids is 5. The van der Waals surface area contributed by atoms with E-state index in [9.17, 15) is 179 Å². The van der Waals surface area contributed by atoms with Crippen LogP contribution in [0.1, 0.15) is 91.9 Å². The van der Waals surface area contributed by atoms with Gasteiger partial charge in [0.25, 0.3) is 0 Å². The molecule has 4 aliphatic heterocycles. The van der Waals surface area contributed by atoms with Crippen LogP contribution in [0.4, 0.5) is 0 Å². The van der Waals surface area contributed by atoms with Crippen LogP contribution < -0.4 is 53.2 Å². The molecule has 31 N–H and O–H groups in total. The number of aliphatic hydroxyl groups excluding tert-OH is 16. The number of aliphatic hydroxyl groups is 16. The maximum Gasteiger partial charge on any atom is 0.346 e. The Kier molecular flexibility index (Phi) is 51.1. The molecule has 24 atom stereocenters. The Bertz CT molecular complexity index is 3390. The Hall–Kier alpha value is -7.47. The monoisotopic (exact) mass is 1990 g/mol. The molecule has 0 spiro atoms. The van der Waals surface area contributed by atoms with Crippen molar-refractivity contribution in [2.75, 3.05) is 148 Å². The molecule has 0 aliphatic carbocycles. The summed E-state index contributed by atoms with van der Waals surface area (Å²) in [6, 6.07) is -5.88. The smallest absolute Gasteiger partial charge is 0.346 e. The Morgan fingerprint density at radius 2 is 0.489 bits per heavy atom. The average Bonchev–Trinajstić information content (AvgIpc) is 0.783. The highest BCUT2D eigenvalue weighted by Crippen LogP contribution is 2.45. The molecule has 0 bridgehead atoms. The maximum atomic E-state index is 13.7. The first kappa shape index (κ1) is 118. The average molecular weight is 1990 g/mol. The Morgan fingerprint density at radius 1 is 0.308 bits per heavy atom. The van der Waals surface area contributed by atoms with Crippen LogP contribution in [-0.2, 0) is 90.9 Å². The van der Waals surface area contributed by atoms with Crippen LogP contribution in [0.2, 0.25) is 0 Å². The Morgan fingerprint density at radius 3 is 0.654 bits per heavy atom. The minimum absolute atomic E-state index is 0.0249. The number of rotatable bonds is 62. The molecular weight excluding hydrogens is 1860 g/mol. The number of carboxylic acid groups (broad SMARTS) is 5. The highest BCUT2D eigenvalue weighted by Gasteiger charge is 2.60. The number of nitrogens with zero attached hydrogens (tertiary/aromatic N) is 3. The van der Waals surface area contributed by atoms with E-state index < -0.39 is 312 Å². The SMILES string of the molecule is CC(=O)N[C@H]1[C@H]([C@@H](O)[C@H](O)CO)O[C@@](SCC(=O)NCCCN(CCCNC(=O)CS[C@]2(C(=O)O)C[C@H](O)[C@@H](NC(C)=O)[C@H]([C@@H](O)[C@H](O)CO)O2)CC(=O)NCCCN(CCCNC(=O)CN(CCCNC(=O)CS[C@]2(C(=O)O)C[C@H](O)[C@@H](NC(C)=O)[C@H]([C@@H](O)[C@H](O)CO)O2)CCCNC(=O)CS[C@]2(C(=O)O)C[C@H](O)[C@@H](NC(C)=O)[C@H]([C@@H](O)[C@H](O)CO)O2)CC(=O)O)(C(=O)O)C[C@@H]1O. The molecule has 53 nitrogen and oxygen atoms in total. The standard InChI is InChI=1S/C76H129N13O40S4/c1-38(94)83-57-42(98)23-73(69(118)119,126-65(57)61(114)46(102)30-90)130-34-52(108)79-13-7-17-87(18-8-14-80-53(109)35-131-74(70(120)121)24-43(99)58(84-39(2)95)66(127-74)62(115)47(103)31-91)27-50(106)77-11-5-21-89(29-56(112)113)22-6-12-78-51(107)28-88(19-9-15-81-54(110)36-132-75(71(122)123)25-44(100)59(85-40(3)96)67(128-75)63(116)48(104)32-92)20-10-16-82-55(111)37-133-76(72(124)125)26-45(101)60(86-41(4)97)68(129-76)64(117)49(105)33-93/h42-49,57-68,90-93,98-105,114-117H,5-37H2,1-4H3,(H,77,106)(H,78,107)(H,79,108)(H,80,109)(H,81,110)(H,82,111)(H,83,94)(H,84,95)(H,85,96)(H,86,97)(H,112,113)(H,118,119)(H,120,121)(H,122,123)(H,124,125)/t42-,43-,44-,45-,46+,47+,48+,49+,57+,58+,59+,60+,61-,62-,63-,64-,65+,66+,67+,68+,73-,74-,75-,76-/m0/s1. The van der Waals surface area contributed by atoms with E-state index in [0.29, 0.717) is 47.0 Å². The highest BCUT2D eigenvalue weighted by molar-refractivity contribution is 8.02. The summed E-state index contributed by atoms with van der Waals surface area (Å²) >= 11 is 1.58. The lowest BCUT2D eigenvalue weighted by Gasteiger charge is -2.46. The largest absolute Gasteiger partial charge is 0.480 e. The Balaban J connectivity index is 1.44. The van der Waals surface area contributed by atoms with Crippen molar-refractivity contribution in [3.63, 3.8) is 0 Å². The van der Waals surface area contributed by atoms with E-state index in [1.807, 2.05) is 0 Å². The minimum Gasteiger partial charge on any atom is -0.480 e. The molecule has 4 rings (SSSR count). The van der Waals surface area contributed by atoms with Crippen LogP contribution in [0.15, 0.2) is 0 Å². The number of thioether (sulfide) groups is 4. The molecule has 762 valence electrons. The second kappa shape index (κ2) is 57.7. The number of amides is 10. The van der Waals surface area contributed by atoms with Gasteiger partial charge in [-0.15, -0.1) is 47.0 Å². The van der Waals surface area contributed by atoms with E-state index in [-0.39, 0.29) is 130 Å². The molecule has 10 amide bonds. The van der Waals surface area contributed by atoms with Crippen molar-refractivity contribution in [2.24, 2.45) is 0 Å². The molecule has 133 heavy (non-hydrogen) atoms. The van der Waals surface area contributed by atoms with Crippen LogP contribution in [0.3, 0.4) is 0 Å². The fourth-order valence-electron chi connectivity index (χ4n) is 14.7. The lowest BCUT2D eigenvalue weighted by Crippen LogP contribution is -2.66. The summed E-state index contributed by atoms with van der Waals surface area (Å²) in [5, 5.41) is 243. The normalized spacial score (nSPS) is 27.2. The number of hydrogen-bond donors (Lipinski definition) is 31. The second-order valence-corrected chi connectivity index (χ2v) is 37.1. The molecule has 0 aromatic rings. The maximum absolute atomic E-state index is 13.7. The van der Waals surface area contributed by atoms with Gasteiger partial charge in [-0.1, -0.05) is 0 Å². The predicted molar refractivity (Wildman–Crippen MR) is 463 cm³/mol. The lowest BCUT2D eigenvalue weighted by atomic mass is 9.90. The number of hydrogen-bond acceptors (Lipinski definition) is 42. The molecule has 0 saturated carbocycles. The van der Waals surface area contributed by atoms with Gasteiger partial charge in [-0.2, -0.15) is 0 Å². The van der Waals surface area contributed by atoms with Crippen molar-refractivity contribution in [3.05, 3.63) is 0 Å². The van der Waals surface area contributed by atoms with Gasteiger partial charge in [-0.25, -0.2) is 19.2 Å². The number of carbonyl (C=O) groups excluding carboxylic acids is 10. The van der Waals surface area contributed by atoms with Gasteiger partial charge in [0.15, 0.2) is 0 Å². The van der Waals surface area contributed by atoms with Crippen LogP contribution in [0, 0.1) is 0 Å². The van der Waals surface area contributed by atoms with Gasteiger partial charge in [0.2, 0.25) is 78.8 Å². The van der Waals surface area contributed by atoms with Gasteiger partial charge in [0, 0.05) is 132 Å². The van der Waals surface area contributed by atoms with Crippen molar-refractivity contribution >= 4 is 136 Å². The van der Waals surface area contributed by atoms with Crippen molar-refractivity contribution in [1.82, 2.24) is 67.9 Å². The van der Waals surface area contributed by atoms with Crippen molar-refractivity contribution < 1.29 is 198 Å². The molecule has 4 saturated heterocycles. The predicted octanol–water partition coefficient (Wildman–Crippen LogP) is -14.5.